The van der Waals surface area contributed by atoms with Gasteiger partial charge in [0, 0.05) is 6.04 Å². The minimum atomic E-state index is 0.461. The molecule has 0 amide bonds. The van der Waals surface area contributed by atoms with E-state index in [1.807, 2.05) is 6.07 Å². The molecule has 0 aromatic heterocycles. The SMILES string of the molecule is S=C(N/N=C\c1cc(Cl)c2c(c1)OCCO2)NC1CCCCC1. The van der Waals surface area contributed by atoms with Crippen molar-refractivity contribution in [3.05, 3.63) is 22.7 Å². The second-order valence-corrected chi connectivity index (χ2v) is 6.52. The Balaban J connectivity index is 1.55. The molecule has 1 aromatic rings. The van der Waals surface area contributed by atoms with E-state index in [-0.39, 0.29) is 0 Å². The molecule has 0 spiro atoms. The molecule has 1 saturated carbocycles. The normalized spacial score (nSPS) is 18.0. The Hall–Kier alpha value is -1.53. The molecule has 1 heterocycles. The minimum Gasteiger partial charge on any atom is -0.486 e. The van der Waals surface area contributed by atoms with Gasteiger partial charge in [-0.15, -0.1) is 0 Å². The lowest BCUT2D eigenvalue weighted by Crippen LogP contribution is -2.40. The number of benzene rings is 1. The molecular formula is C16H20ClN3O2S. The number of ether oxygens (including phenoxy) is 2. The Kier molecular flexibility index (Phi) is 5.56. The predicted octanol–water partition coefficient (Wildman–Crippen LogP) is 3.24. The summed E-state index contributed by atoms with van der Waals surface area (Å²) in [5, 5.41) is 8.54. The fourth-order valence-corrected chi connectivity index (χ4v) is 3.33. The number of hydrazone groups is 1. The molecule has 0 unspecified atom stereocenters. The molecule has 0 radical (unpaired) electrons. The number of rotatable bonds is 3. The molecule has 1 aliphatic carbocycles. The lowest BCUT2D eigenvalue weighted by Gasteiger charge is -2.23. The molecule has 0 saturated heterocycles. The van der Waals surface area contributed by atoms with Crippen molar-refractivity contribution in [2.45, 2.75) is 38.1 Å². The van der Waals surface area contributed by atoms with Crippen molar-refractivity contribution in [3.8, 4) is 11.5 Å². The lowest BCUT2D eigenvalue weighted by molar-refractivity contribution is 0.171. The molecule has 1 aromatic carbocycles. The van der Waals surface area contributed by atoms with Crippen LogP contribution in [0.4, 0.5) is 0 Å². The maximum Gasteiger partial charge on any atom is 0.187 e. The van der Waals surface area contributed by atoms with E-state index < -0.39 is 0 Å². The first-order valence-electron chi connectivity index (χ1n) is 7.91. The first-order valence-corrected chi connectivity index (χ1v) is 8.70. The topological polar surface area (TPSA) is 54.9 Å². The molecule has 2 aliphatic rings. The van der Waals surface area contributed by atoms with Crippen LogP contribution in [0.15, 0.2) is 17.2 Å². The molecule has 1 aliphatic heterocycles. The van der Waals surface area contributed by atoms with Gasteiger partial charge in [-0.2, -0.15) is 5.10 Å². The van der Waals surface area contributed by atoms with Gasteiger partial charge in [0.15, 0.2) is 16.6 Å². The highest BCUT2D eigenvalue weighted by Crippen LogP contribution is 2.37. The summed E-state index contributed by atoms with van der Waals surface area (Å²) in [6.45, 7) is 1.04. The Labute approximate surface area is 146 Å². The second kappa shape index (κ2) is 7.84. The summed E-state index contributed by atoms with van der Waals surface area (Å²) < 4.78 is 11.0. The molecule has 0 bridgehead atoms. The first kappa shape index (κ1) is 16.3. The molecule has 0 atom stereocenters. The summed E-state index contributed by atoms with van der Waals surface area (Å²) >= 11 is 11.5. The molecule has 3 rings (SSSR count). The predicted molar refractivity (Wildman–Crippen MR) is 95.8 cm³/mol. The summed E-state index contributed by atoms with van der Waals surface area (Å²) in [7, 11) is 0. The van der Waals surface area contributed by atoms with Crippen LogP contribution in [0.5, 0.6) is 11.5 Å². The summed E-state index contributed by atoms with van der Waals surface area (Å²) in [6, 6.07) is 4.10. The van der Waals surface area contributed by atoms with Crippen molar-refractivity contribution in [1.29, 1.82) is 0 Å². The Morgan fingerprint density at radius 2 is 2.00 bits per heavy atom. The summed E-state index contributed by atoms with van der Waals surface area (Å²) in [4.78, 5) is 0. The van der Waals surface area contributed by atoms with Gasteiger partial charge < -0.3 is 14.8 Å². The average molecular weight is 354 g/mol. The smallest absolute Gasteiger partial charge is 0.187 e. The van der Waals surface area contributed by atoms with Gasteiger partial charge in [0.05, 0.1) is 11.2 Å². The molecule has 5 nitrogen and oxygen atoms in total. The summed E-state index contributed by atoms with van der Waals surface area (Å²) in [5.41, 5.74) is 3.68. The van der Waals surface area contributed by atoms with E-state index >= 15 is 0 Å². The third-order valence-electron chi connectivity index (χ3n) is 3.94. The zero-order valence-corrected chi connectivity index (χ0v) is 14.4. The number of halogens is 1. The van der Waals surface area contributed by atoms with Gasteiger partial charge in [-0.25, -0.2) is 0 Å². The van der Waals surface area contributed by atoms with Crippen molar-refractivity contribution in [1.82, 2.24) is 10.7 Å². The minimum absolute atomic E-state index is 0.461. The number of fused-ring (bicyclic) bond motifs is 1. The van der Waals surface area contributed by atoms with E-state index in [0.29, 0.717) is 40.9 Å². The number of hydrogen-bond donors (Lipinski definition) is 2. The van der Waals surface area contributed by atoms with E-state index in [1.165, 1.54) is 32.1 Å². The van der Waals surface area contributed by atoms with Crippen molar-refractivity contribution in [3.63, 3.8) is 0 Å². The quantitative estimate of drug-likeness (QED) is 0.496. The van der Waals surface area contributed by atoms with Gasteiger partial charge in [0.25, 0.3) is 0 Å². The van der Waals surface area contributed by atoms with Gasteiger partial charge in [-0.1, -0.05) is 30.9 Å². The molecule has 124 valence electrons. The Morgan fingerprint density at radius 1 is 1.22 bits per heavy atom. The maximum absolute atomic E-state index is 6.19. The third-order valence-corrected chi connectivity index (χ3v) is 4.43. The van der Waals surface area contributed by atoms with Crippen LogP contribution < -0.4 is 20.2 Å². The summed E-state index contributed by atoms with van der Waals surface area (Å²) in [5.74, 6) is 1.24. The standard InChI is InChI=1S/C16H20ClN3O2S/c17-13-8-11(9-14-15(13)22-7-6-21-14)10-18-20-16(23)19-12-4-2-1-3-5-12/h8-10,12H,1-7H2,(H2,19,20,23)/b18-10-. The molecule has 1 fully saturated rings. The fourth-order valence-electron chi connectivity index (χ4n) is 2.84. The molecule has 7 heteroatoms. The first-order chi connectivity index (χ1) is 11.2. The molecular weight excluding hydrogens is 334 g/mol. The van der Waals surface area contributed by atoms with Gasteiger partial charge in [0.1, 0.15) is 13.2 Å². The van der Waals surface area contributed by atoms with Crippen LogP contribution in [-0.4, -0.2) is 30.6 Å². The van der Waals surface area contributed by atoms with Crippen LogP contribution in [0.3, 0.4) is 0 Å². The Morgan fingerprint density at radius 3 is 2.83 bits per heavy atom. The zero-order valence-electron chi connectivity index (χ0n) is 12.8. The number of nitrogens with zero attached hydrogens (tertiary/aromatic N) is 1. The lowest BCUT2D eigenvalue weighted by atomic mass is 9.96. The fraction of sp³-hybridized carbons (Fsp3) is 0.500. The molecule has 2 N–H and O–H groups in total. The van der Waals surface area contributed by atoms with E-state index in [2.05, 4.69) is 15.8 Å². The molecule has 23 heavy (non-hydrogen) atoms. The van der Waals surface area contributed by atoms with Crippen LogP contribution in [0, 0.1) is 0 Å². The van der Waals surface area contributed by atoms with E-state index in [1.54, 1.807) is 12.3 Å². The van der Waals surface area contributed by atoms with Crippen molar-refractivity contribution in [2.24, 2.45) is 5.10 Å². The number of nitrogens with one attached hydrogen (secondary N) is 2. The maximum atomic E-state index is 6.19. The van der Waals surface area contributed by atoms with Crippen LogP contribution in [0.2, 0.25) is 5.02 Å². The Bertz CT molecular complexity index is 603. The van der Waals surface area contributed by atoms with Crippen molar-refractivity contribution in [2.75, 3.05) is 13.2 Å². The van der Waals surface area contributed by atoms with Crippen LogP contribution in [-0.2, 0) is 0 Å². The van der Waals surface area contributed by atoms with Gasteiger partial charge >= 0.3 is 0 Å². The second-order valence-electron chi connectivity index (χ2n) is 5.71. The summed E-state index contributed by atoms with van der Waals surface area (Å²) in [6.07, 6.45) is 7.85. The van der Waals surface area contributed by atoms with Crippen molar-refractivity contribution >= 4 is 35.1 Å². The van der Waals surface area contributed by atoms with E-state index in [4.69, 9.17) is 33.3 Å². The van der Waals surface area contributed by atoms with Crippen LogP contribution >= 0.6 is 23.8 Å². The van der Waals surface area contributed by atoms with Gasteiger partial charge in [0.2, 0.25) is 0 Å². The van der Waals surface area contributed by atoms with E-state index in [9.17, 15) is 0 Å². The average Bonchev–Trinajstić information content (AvgIpc) is 2.56. The highest BCUT2D eigenvalue weighted by atomic mass is 35.5. The van der Waals surface area contributed by atoms with E-state index in [0.717, 1.165) is 5.56 Å². The van der Waals surface area contributed by atoms with Crippen molar-refractivity contribution < 1.29 is 9.47 Å². The van der Waals surface area contributed by atoms with Crippen LogP contribution in [0.1, 0.15) is 37.7 Å². The largest absolute Gasteiger partial charge is 0.486 e. The van der Waals surface area contributed by atoms with Gasteiger partial charge in [-0.3, -0.25) is 5.43 Å². The monoisotopic (exact) mass is 353 g/mol. The number of thiocarbonyl (C=S) groups is 1. The number of hydrogen-bond acceptors (Lipinski definition) is 4. The zero-order chi connectivity index (χ0) is 16.1. The third kappa shape index (κ3) is 4.48. The highest BCUT2D eigenvalue weighted by Gasteiger charge is 2.16. The highest BCUT2D eigenvalue weighted by molar-refractivity contribution is 7.80. The van der Waals surface area contributed by atoms with Crippen LogP contribution in [0.25, 0.3) is 0 Å². The van der Waals surface area contributed by atoms with Gasteiger partial charge in [-0.05, 0) is 42.8 Å².